The number of carboxylic acid groups (broad SMARTS) is 1. The molecule has 1 saturated heterocycles. The number of nitrogens with one attached hydrogen (secondary N) is 2. The Bertz CT molecular complexity index is 800. The minimum absolute atomic E-state index is 0.0276. The number of carbonyl (C=O) groups excluding carboxylic acids is 4. The molecule has 1 aliphatic rings. The number of aliphatic hydroxyl groups excluding tert-OH is 1. The Morgan fingerprint density at radius 3 is 2.24 bits per heavy atom. The van der Waals surface area contributed by atoms with E-state index in [1.165, 1.54) is 6.92 Å². The first-order valence-corrected chi connectivity index (χ1v) is 10.8. The standard InChI is InChI=1S/C19H34N8O7/c1-9(28)14(21)16(31)25-10(4-2-6-24-19(22)23)15(30)26-11(8-13(20)29)17(32)27-7-3-5-12(27)18(33)34/h9-12,14,28H,2-8,21H2,1H3,(H2,20,29)(H,25,31)(H,26,30)(H,33,34)(H4,22,23,24). The molecule has 0 spiro atoms. The fraction of sp³-hybridized carbons (Fsp3) is 0.684. The fourth-order valence-electron chi connectivity index (χ4n) is 3.42. The largest absolute Gasteiger partial charge is 0.480 e. The van der Waals surface area contributed by atoms with Crippen LogP contribution in [0.5, 0.6) is 0 Å². The molecule has 0 aromatic rings. The summed E-state index contributed by atoms with van der Waals surface area (Å²) in [6.07, 6.45) is -0.811. The maximum Gasteiger partial charge on any atom is 0.326 e. The molecular weight excluding hydrogens is 452 g/mol. The van der Waals surface area contributed by atoms with E-state index in [2.05, 4.69) is 15.6 Å². The van der Waals surface area contributed by atoms with E-state index in [1.807, 2.05) is 0 Å². The highest BCUT2D eigenvalue weighted by molar-refractivity contribution is 5.96. The molecule has 1 fully saturated rings. The number of aliphatic imine (C=N–C) groups is 1. The fourth-order valence-corrected chi connectivity index (χ4v) is 3.42. The van der Waals surface area contributed by atoms with Crippen molar-refractivity contribution in [1.29, 1.82) is 0 Å². The number of hydrogen-bond acceptors (Lipinski definition) is 8. The second-order valence-corrected chi connectivity index (χ2v) is 8.04. The van der Waals surface area contributed by atoms with Gasteiger partial charge in [-0.25, -0.2) is 4.79 Å². The number of carbonyl (C=O) groups is 5. The van der Waals surface area contributed by atoms with Gasteiger partial charge >= 0.3 is 5.97 Å². The SMILES string of the molecule is CC(O)C(N)C(=O)NC(CCCN=C(N)N)C(=O)NC(CC(N)=O)C(=O)N1CCCC1C(=O)O. The summed E-state index contributed by atoms with van der Waals surface area (Å²) in [6.45, 7) is 1.58. The number of guanidine groups is 1. The molecule has 5 atom stereocenters. The third-order valence-electron chi connectivity index (χ3n) is 5.24. The predicted molar refractivity (Wildman–Crippen MR) is 120 cm³/mol. The average Bonchev–Trinajstić information content (AvgIpc) is 3.23. The molecule has 0 bridgehead atoms. The zero-order valence-corrected chi connectivity index (χ0v) is 19.0. The Labute approximate surface area is 196 Å². The molecule has 15 nitrogen and oxygen atoms in total. The number of carboxylic acids is 1. The van der Waals surface area contributed by atoms with Gasteiger partial charge in [-0.05, 0) is 32.6 Å². The molecule has 1 rings (SSSR count). The van der Waals surface area contributed by atoms with Crippen LogP contribution in [0.2, 0.25) is 0 Å². The van der Waals surface area contributed by atoms with Crippen molar-refractivity contribution in [2.75, 3.05) is 13.1 Å². The van der Waals surface area contributed by atoms with E-state index in [1.54, 1.807) is 0 Å². The summed E-state index contributed by atoms with van der Waals surface area (Å²) in [5, 5.41) is 23.7. The second-order valence-electron chi connectivity index (χ2n) is 8.04. The van der Waals surface area contributed by atoms with E-state index in [-0.39, 0.29) is 38.3 Å². The monoisotopic (exact) mass is 486 g/mol. The first kappa shape index (κ1) is 28.6. The molecule has 4 amide bonds. The second kappa shape index (κ2) is 13.3. The van der Waals surface area contributed by atoms with Crippen LogP contribution in [-0.4, -0.2) is 94.0 Å². The van der Waals surface area contributed by atoms with Crippen LogP contribution in [-0.2, 0) is 24.0 Å². The Balaban J connectivity index is 3.04. The topological polar surface area (TPSA) is 270 Å². The number of primary amides is 1. The molecule has 0 saturated carbocycles. The molecule has 1 heterocycles. The van der Waals surface area contributed by atoms with Gasteiger partial charge in [0.15, 0.2) is 5.96 Å². The van der Waals surface area contributed by atoms with E-state index >= 15 is 0 Å². The van der Waals surface area contributed by atoms with E-state index in [4.69, 9.17) is 22.9 Å². The zero-order chi connectivity index (χ0) is 26.0. The van der Waals surface area contributed by atoms with Crippen LogP contribution in [0.1, 0.15) is 39.0 Å². The van der Waals surface area contributed by atoms with Crippen molar-refractivity contribution < 1.29 is 34.2 Å². The van der Waals surface area contributed by atoms with Gasteiger partial charge in [0.25, 0.3) is 0 Å². The summed E-state index contributed by atoms with van der Waals surface area (Å²) in [4.78, 5) is 66.1. The van der Waals surface area contributed by atoms with Crippen molar-refractivity contribution >= 4 is 35.6 Å². The summed E-state index contributed by atoms with van der Waals surface area (Å²) in [5.74, 6) is -4.68. The summed E-state index contributed by atoms with van der Waals surface area (Å²) in [6, 6.07) is -5.06. The molecule has 0 radical (unpaired) electrons. The number of amides is 4. The van der Waals surface area contributed by atoms with Crippen LogP contribution in [0.3, 0.4) is 0 Å². The van der Waals surface area contributed by atoms with Crippen LogP contribution < -0.4 is 33.6 Å². The average molecular weight is 487 g/mol. The lowest BCUT2D eigenvalue weighted by molar-refractivity contribution is -0.149. The van der Waals surface area contributed by atoms with Gasteiger partial charge in [-0.2, -0.15) is 0 Å². The molecule has 192 valence electrons. The summed E-state index contributed by atoms with van der Waals surface area (Å²) in [7, 11) is 0. The number of hydrogen-bond donors (Lipinski definition) is 8. The van der Waals surface area contributed by atoms with Gasteiger partial charge in [0.2, 0.25) is 23.6 Å². The minimum Gasteiger partial charge on any atom is -0.480 e. The van der Waals surface area contributed by atoms with Crippen LogP contribution in [0.4, 0.5) is 0 Å². The van der Waals surface area contributed by atoms with Crippen molar-refractivity contribution in [2.24, 2.45) is 27.9 Å². The molecule has 0 aromatic heterocycles. The normalized spacial score (nSPS) is 18.8. The van der Waals surface area contributed by atoms with E-state index < -0.39 is 66.3 Å². The summed E-state index contributed by atoms with van der Waals surface area (Å²) >= 11 is 0. The smallest absolute Gasteiger partial charge is 0.326 e. The molecule has 1 aliphatic heterocycles. The molecule has 12 N–H and O–H groups in total. The predicted octanol–water partition coefficient (Wildman–Crippen LogP) is -4.33. The lowest BCUT2D eigenvalue weighted by atomic mass is 10.1. The summed E-state index contributed by atoms with van der Waals surface area (Å²) < 4.78 is 0. The minimum atomic E-state index is -1.44. The maximum absolute atomic E-state index is 13.0. The number of nitrogens with zero attached hydrogens (tertiary/aromatic N) is 2. The van der Waals surface area contributed by atoms with Gasteiger partial charge in [0, 0.05) is 13.1 Å². The number of rotatable bonds is 13. The Morgan fingerprint density at radius 2 is 1.71 bits per heavy atom. The lowest BCUT2D eigenvalue weighted by Crippen LogP contribution is -2.58. The molecule has 34 heavy (non-hydrogen) atoms. The molecule has 15 heteroatoms. The van der Waals surface area contributed by atoms with Crippen molar-refractivity contribution in [3.63, 3.8) is 0 Å². The van der Waals surface area contributed by atoms with E-state index in [0.717, 1.165) is 4.90 Å². The quantitative estimate of drug-likeness (QED) is 0.0704. The molecule has 0 aromatic carbocycles. The van der Waals surface area contributed by atoms with Crippen LogP contribution >= 0.6 is 0 Å². The molecular formula is C19H34N8O7. The van der Waals surface area contributed by atoms with Gasteiger partial charge in [0.05, 0.1) is 12.5 Å². The number of aliphatic carboxylic acids is 1. The van der Waals surface area contributed by atoms with Gasteiger partial charge in [-0.1, -0.05) is 0 Å². The van der Waals surface area contributed by atoms with Crippen molar-refractivity contribution in [1.82, 2.24) is 15.5 Å². The Hall–Kier alpha value is -3.46. The van der Waals surface area contributed by atoms with Crippen molar-refractivity contribution in [3.05, 3.63) is 0 Å². The molecule has 5 unspecified atom stereocenters. The highest BCUT2D eigenvalue weighted by Gasteiger charge is 2.39. The highest BCUT2D eigenvalue weighted by Crippen LogP contribution is 2.19. The van der Waals surface area contributed by atoms with Crippen LogP contribution in [0.15, 0.2) is 4.99 Å². The highest BCUT2D eigenvalue weighted by atomic mass is 16.4. The number of aliphatic hydroxyl groups is 1. The third kappa shape index (κ3) is 8.82. The van der Waals surface area contributed by atoms with Gasteiger partial charge in [-0.15, -0.1) is 0 Å². The maximum atomic E-state index is 13.0. The Morgan fingerprint density at radius 1 is 1.09 bits per heavy atom. The molecule has 0 aliphatic carbocycles. The number of nitrogens with two attached hydrogens (primary N) is 4. The van der Waals surface area contributed by atoms with Crippen LogP contribution in [0, 0.1) is 0 Å². The van der Waals surface area contributed by atoms with Crippen LogP contribution in [0.25, 0.3) is 0 Å². The zero-order valence-electron chi connectivity index (χ0n) is 19.0. The lowest BCUT2D eigenvalue weighted by Gasteiger charge is -2.28. The number of likely N-dealkylation sites (tertiary alicyclic amines) is 1. The van der Waals surface area contributed by atoms with E-state index in [9.17, 15) is 34.2 Å². The Kier molecular flexibility index (Phi) is 11.2. The first-order chi connectivity index (χ1) is 15.8. The van der Waals surface area contributed by atoms with Gasteiger partial charge < -0.3 is 48.7 Å². The van der Waals surface area contributed by atoms with Gasteiger partial charge in [0.1, 0.15) is 24.2 Å². The van der Waals surface area contributed by atoms with Gasteiger partial charge in [-0.3, -0.25) is 24.2 Å². The third-order valence-corrected chi connectivity index (χ3v) is 5.24. The summed E-state index contributed by atoms with van der Waals surface area (Å²) in [5.41, 5.74) is 21.4. The van der Waals surface area contributed by atoms with Crippen molar-refractivity contribution in [3.8, 4) is 0 Å². The first-order valence-electron chi connectivity index (χ1n) is 10.8. The van der Waals surface area contributed by atoms with E-state index in [0.29, 0.717) is 6.42 Å². The van der Waals surface area contributed by atoms with Crippen molar-refractivity contribution in [2.45, 2.75) is 69.3 Å².